The van der Waals surface area contributed by atoms with E-state index in [2.05, 4.69) is 5.10 Å². The van der Waals surface area contributed by atoms with E-state index in [0.29, 0.717) is 0 Å². The summed E-state index contributed by atoms with van der Waals surface area (Å²) in [7, 11) is 1.98. The van der Waals surface area contributed by atoms with Gasteiger partial charge < -0.3 is 10.6 Å². The van der Waals surface area contributed by atoms with E-state index < -0.39 is 0 Å². The largest absolute Gasteiger partial charge is 0.401 e. The second-order valence-electron chi connectivity index (χ2n) is 2.98. The molecule has 0 aliphatic carbocycles. The average Bonchev–Trinajstić information content (AvgIpc) is 2.43. The summed E-state index contributed by atoms with van der Waals surface area (Å²) in [5, 5.41) is 4.19. The van der Waals surface area contributed by atoms with Crippen molar-refractivity contribution in [2.24, 2.45) is 5.73 Å². The molecular weight excluding hydrogens is 152 g/mol. The number of fused-ring (bicyclic) bond motifs is 1. The van der Waals surface area contributed by atoms with Crippen LogP contribution in [0.4, 0.5) is 5.82 Å². The van der Waals surface area contributed by atoms with Crippen molar-refractivity contribution in [2.75, 3.05) is 11.9 Å². The first-order valence-electron chi connectivity index (χ1n) is 3.98. The van der Waals surface area contributed by atoms with E-state index in [0.717, 1.165) is 24.5 Å². The Morgan fingerprint density at radius 1 is 1.58 bits per heavy atom. The van der Waals surface area contributed by atoms with E-state index >= 15 is 0 Å². The number of allylic oxidation sites excluding steroid dienone is 1. The van der Waals surface area contributed by atoms with Gasteiger partial charge in [0, 0.05) is 38.0 Å². The SMILES string of the molecule is CN1C=C(N)CCn2nccc21. The predicted molar refractivity (Wildman–Crippen MR) is 47.5 cm³/mol. The van der Waals surface area contributed by atoms with E-state index in [4.69, 9.17) is 5.73 Å². The Balaban J connectivity index is 2.40. The second kappa shape index (κ2) is 2.55. The molecule has 0 aromatic carbocycles. The van der Waals surface area contributed by atoms with Gasteiger partial charge in [-0.2, -0.15) is 5.10 Å². The maximum absolute atomic E-state index is 5.74. The van der Waals surface area contributed by atoms with Crippen molar-refractivity contribution in [3.05, 3.63) is 24.2 Å². The molecule has 2 heterocycles. The van der Waals surface area contributed by atoms with Gasteiger partial charge in [0.1, 0.15) is 5.82 Å². The number of aromatic nitrogens is 2. The Morgan fingerprint density at radius 3 is 3.25 bits per heavy atom. The lowest BCUT2D eigenvalue weighted by atomic mass is 10.3. The molecule has 0 spiro atoms. The first-order chi connectivity index (χ1) is 5.77. The molecule has 0 amide bonds. The number of hydrogen-bond donors (Lipinski definition) is 1. The molecule has 1 aliphatic rings. The fraction of sp³-hybridized carbons (Fsp3) is 0.375. The van der Waals surface area contributed by atoms with Crippen LogP contribution in [0.25, 0.3) is 0 Å². The molecule has 0 atom stereocenters. The van der Waals surface area contributed by atoms with E-state index in [9.17, 15) is 0 Å². The molecule has 64 valence electrons. The minimum Gasteiger partial charge on any atom is -0.401 e. The fourth-order valence-electron chi connectivity index (χ4n) is 1.41. The molecule has 2 N–H and O–H groups in total. The van der Waals surface area contributed by atoms with Crippen molar-refractivity contribution in [1.29, 1.82) is 0 Å². The fourth-order valence-corrected chi connectivity index (χ4v) is 1.41. The number of aryl methyl sites for hydroxylation is 1. The molecule has 2 rings (SSSR count). The van der Waals surface area contributed by atoms with Gasteiger partial charge in [-0.05, 0) is 0 Å². The van der Waals surface area contributed by atoms with Crippen LogP contribution < -0.4 is 10.6 Å². The predicted octanol–water partition coefficient (Wildman–Crippen LogP) is 0.523. The molecule has 1 aliphatic heterocycles. The molecule has 0 fully saturated rings. The van der Waals surface area contributed by atoms with Crippen molar-refractivity contribution in [3.8, 4) is 0 Å². The molecule has 1 aromatic rings. The standard InChI is InChI=1S/C8H12N4/c1-11-6-7(9)3-5-12-8(11)2-4-10-12/h2,4,6H,3,5,9H2,1H3. The number of nitrogens with two attached hydrogens (primary N) is 1. The summed E-state index contributed by atoms with van der Waals surface area (Å²) in [6.07, 6.45) is 4.63. The Labute approximate surface area is 71.3 Å². The molecule has 4 heteroatoms. The highest BCUT2D eigenvalue weighted by Crippen LogP contribution is 2.17. The van der Waals surface area contributed by atoms with Crippen molar-refractivity contribution < 1.29 is 0 Å². The summed E-state index contributed by atoms with van der Waals surface area (Å²) >= 11 is 0. The second-order valence-corrected chi connectivity index (χ2v) is 2.98. The summed E-state index contributed by atoms with van der Waals surface area (Å²) in [4.78, 5) is 2.00. The van der Waals surface area contributed by atoms with Crippen LogP contribution in [0.1, 0.15) is 6.42 Å². The van der Waals surface area contributed by atoms with Gasteiger partial charge in [-0.3, -0.25) is 0 Å². The molecule has 0 saturated heterocycles. The monoisotopic (exact) mass is 164 g/mol. The highest BCUT2D eigenvalue weighted by Gasteiger charge is 2.10. The van der Waals surface area contributed by atoms with Crippen LogP contribution in [0.15, 0.2) is 24.2 Å². The third-order valence-corrected chi connectivity index (χ3v) is 2.03. The van der Waals surface area contributed by atoms with Crippen LogP contribution in [0.3, 0.4) is 0 Å². The zero-order valence-electron chi connectivity index (χ0n) is 7.07. The first-order valence-corrected chi connectivity index (χ1v) is 3.98. The van der Waals surface area contributed by atoms with Gasteiger partial charge in [0.15, 0.2) is 0 Å². The van der Waals surface area contributed by atoms with E-state index in [1.165, 1.54) is 0 Å². The van der Waals surface area contributed by atoms with E-state index in [1.54, 1.807) is 6.20 Å². The Hall–Kier alpha value is -1.45. The number of rotatable bonds is 0. The van der Waals surface area contributed by atoms with Gasteiger partial charge in [-0.1, -0.05) is 0 Å². The van der Waals surface area contributed by atoms with Crippen LogP contribution in [0, 0.1) is 0 Å². The van der Waals surface area contributed by atoms with Crippen molar-refractivity contribution in [2.45, 2.75) is 13.0 Å². The topological polar surface area (TPSA) is 47.1 Å². The lowest BCUT2D eigenvalue weighted by molar-refractivity contribution is 0.620. The third-order valence-electron chi connectivity index (χ3n) is 2.03. The molecule has 1 aromatic heterocycles. The van der Waals surface area contributed by atoms with Gasteiger partial charge in [0.25, 0.3) is 0 Å². The Bertz CT molecular complexity index is 313. The summed E-state index contributed by atoms with van der Waals surface area (Å²) in [6, 6.07) is 1.98. The third kappa shape index (κ3) is 1.05. The molecule has 0 unspecified atom stereocenters. The Morgan fingerprint density at radius 2 is 2.42 bits per heavy atom. The normalized spacial score (nSPS) is 16.8. The molecule has 0 saturated carbocycles. The number of hydrogen-bond acceptors (Lipinski definition) is 3. The zero-order valence-corrected chi connectivity index (χ0v) is 7.07. The van der Waals surface area contributed by atoms with Gasteiger partial charge in [-0.25, -0.2) is 4.68 Å². The summed E-state index contributed by atoms with van der Waals surface area (Å²) in [6.45, 7) is 0.870. The summed E-state index contributed by atoms with van der Waals surface area (Å²) < 4.78 is 1.95. The van der Waals surface area contributed by atoms with Crippen molar-refractivity contribution >= 4 is 5.82 Å². The number of anilines is 1. The van der Waals surface area contributed by atoms with Crippen LogP contribution in [-0.2, 0) is 6.54 Å². The summed E-state index contributed by atoms with van der Waals surface area (Å²) in [5.41, 5.74) is 6.65. The first kappa shape index (κ1) is 7.21. The Kier molecular flexibility index (Phi) is 1.53. The van der Waals surface area contributed by atoms with Gasteiger partial charge in [0.2, 0.25) is 0 Å². The van der Waals surface area contributed by atoms with Crippen molar-refractivity contribution in [1.82, 2.24) is 9.78 Å². The van der Waals surface area contributed by atoms with Crippen LogP contribution in [0.2, 0.25) is 0 Å². The van der Waals surface area contributed by atoms with E-state index in [1.807, 2.05) is 28.9 Å². The van der Waals surface area contributed by atoms with Crippen molar-refractivity contribution in [3.63, 3.8) is 0 Å². The lowest BCUT2D eigenvalue weighted by Crippen LogP contribution is -2.12. The molecule has 0 radical (unpaired) electrons. The zero-order chi connectivity index (χ0) is 8.55. The minimum absolute atomic E-state index is 0.870. The van der Waals surface area contributed by atoms with Gasteiger partial charge in [-0.15, -0.1) is 0 Å². The molecule has 12 heavy (non-hydrogen) atoms. The van der Waals surface area contributed by atoms with Gasteiger partial charge in [0.05, 0.1) is 6.20 Å². The molecule has 0 bridgehead atoms. The maximum atomic E-state index is 5.74. The molecule has 4 nitrogen and oxygen atoms in total. The highest BCUT2D eigenvalue weighted by atomic mass is 15.4. The molecular formula is C8H12N4. The van der Waals surface area contributed by atoms with Crippen LogP contribution >= 0.6 is 0 Å². The number of nitrogens with zero attached hydrogens (tertiary/aromatic N) is 3. The average molecular weight is 164 g/mol. The quantitative estimate of drug-likeness (QED) is 0.608. The maximum Gasteiger partial charge on any atom is 0.130 e. The highest BCUT2D eigenvalue weighted by molar-refractivity contribution is 5.42. The van der Waals surface area contributed by atoms with Crippen LogP contribution in [-0.4, -0.2) is 16.8 Å². The summed E-state index contributed by atoms with van der Waals surface area (Å²) in [5.74, 6) is 1.09. The minimum atomic E-state index is 0.870. The lowest BCUT2D eigenvalue weighted by Gasteiger charge is -2.12. The van der Waals surface area contributed by atoms with E-state index in [-0.39, 0.29) is 0 Å². The van der Waals surface area contributed by atoms with Gasteiger partial charge >= 0.3 is 0 Å². The smallest absolute Gasteiger partial charge is 0.130 e. The van der Waals surface area contributed by atoms with Crippen LogP contribution in [0.5, 0.6) is 0 Å².